The molecule has 5 nitrogen and oxygen atoms in total. The van der Waals surface area contributed by atoms with Gasteiger partial charge in [-0.25, -0.2) is 4.98 Å². The average Bonchev–Trinajstić information content (AvgIpc) is 2.82. The average molecular weight is 249 g/mol. The highest BCUT2D eigenvalue weighted by molar-refractivity contribution is 7.22. The number of nitrogens with two attached hydrogens (primary N) is 1. The summed E-state index contributed by atoms with van der Waals surface area (Å²) < 4.78 is 6.46. The first-order valence-electron chi connectivity index (χ1n) is 5.51. The molecule has 2 N–H and O–H groups in total. The summed E-state index contributed by atoms with van der Waals surface area (Å²) in [5.74, 6) is 0. The SMILES string of the molecule is [NH2+]=Nc1ccc2nc(N3CCOCC3)sc2c1. The zero-order valence-corrected chi connectivity index (χ0v) is 10.1. The second kappa shape index (κ2) is 4.38. The Morgan fingerprint density at radius 2 is 2.18 bits per heavy atom. The summed E-state index contributed by atoms with van der Waals surface area (Å²) in [6, 6.07) is 5.81. The maximum Gasteiger partial charge on any atom is 0.186 e. The van der Waals surface area contributed by atoms with Gasteiger partial charge in [0.25, 0.3) is 0 Å². The maximum absolute atomic E-state index is 5.34. The molecule has 0 radical (unpaired) electrons. The molecule has 1 aromatic carbocycles. The minimum Gasteiger partial charge on any atom is -0.378 e. The first-order valence-corrected chi connectivity index (χ1v) is 6.33. The van der Waals surface area contributed by atoms with Crippen LogP contribution in [0.4, 0.5) is 10.8 Å². The van der Waals surface area contributed by atoms with Crippen LogP contribution >= 0.6 is 11.3 Å². The van der Waals surface area contributed by atoms with Gasteiger partial charge < -0.3 is 9.64 Å². The van der Waals surface area contributed by atoms with E-state index in [-0.39, 0.29) is 0 Å². The van der Waals surface area contributed by atoms with E-state index in [1.54, 1.807) is 11.3 Å². The van der Waals surface area contributed by atoms with Gasteiger partial charge in [0.05, 0.1) is 23.4 Å². The zero-order chi connectivity index (χ0) is 11.7. The van der Waals surface area contributed by atoms with E-state index in [1.807, 2.05) is 18.2 Å². The lowest BCUT2D eigenvalue weighted by atomic mass is 10.3. The van der Waals surface area contributed by atoms with E-state index in [9.17, 15) is 0 Å². The molecule has 1 aliphatic rings. The molecule has 1 aromatic heterocycles. The monoisotopic (exact) mass is 249 g/mol. The lowest BCUT2D eigenvalue weighted by molar-refractivity contribution is -0.210. The fourth-order valence-corrected chi connectivity index (χ4v) is 2.92. The van der Waals surface area contributed by atoms with Crippen molar-refractivity contribution in [2.45, 2.75) is 0 Å². The fourth-order valence-electron chi connectivity index (χ4n) is 1.87. The predicted octanol–water partition coefficient (Wildman–Crippen LogP) is 0.976. The van der Waals surface area contributed by atoms with Crippen molar-refractivity contribution in [1.82, 2.24) is 4.98 Å². The third-order valence-electron chi connectivity index (χ3n) is 2.79. The number of hydrogen-bond donors (Lipinski definition) is 1. The summed E-state index contributed by atoms with van der Waals surface area (Å²) in [6.45, 7) is 3.38. The van der Waals surface area contributed by atoms with Crippen molar-refractivity contribution in [2.75, 3.05) is 31.2 Å². The smallest absolute Gasteiger partial charge is 0.186 e. The van der Waals surface area contributed by atoms with Crippen molar-refractivity contribution >= 4 is 32.4 Å². The van der Waals surface area contributed by atoms with Crippen molar-refractivity contribution in [1.29, 1.82) is 0 Å². The van der Waals surface area contributed by atoms with Gasteiger partial charge in [-0.3, -0.25) is 0 Å². The topological polar surface area (TPSA) is 63.3 Å². The van der Waals surface area contributed by atoms with Crippen LogP contribution in [0, 0.1) is 0 Å². The number of ether oxygens (including phenoxy) is 1. The Morgan fingerprint density at radius 3 is 2.94 bits per heavy atom. The van der Waals surface area contributed by atoms with Crippen LogP contribution in [0.25, 0.3) is 10.2 Å². The molecule has 2 heterocycles. The minimum atomic E-state index is 0.777. The van der Waals surface area contributed by atoms with Crippen LogP contribution in [0.15, 0.2) is 23.3 Å². The van der Waals surface area contributed by atoms with Gasteiger partial charge in [-0.15, -0.1) is 0 Å². The van der Waals surface area contributed by atoms with E-state index < -0.39 is 0 Å². The van der Waals surface area contributed by atoms with Gasteiger partial charge in [0.1, 0.15) is 5.69 Å². The van der Waals surface area contributed by atoms with Gasteiger partial charge in [0.15, 0.2) is 5.13 Å². The van der Waals surface area contributed by atoms with E-state index >= 15 is 0 Å². The molecular formula is C11H13N4OS+. The molecular weight excluding hydrogens is 236 g/mol. The Kier molecular flexibility index (Phi) is 2.74. The van der Waals surface area contributed by atoms with Crippen molar-refractivity contribution in [3.05, 3.63) is 18.2 Å². The van der Waals surface area contributed by atoms with E-state index in [0.717, 1.165) is 47.3 Å². The number of morpholine rings is 1. The van der Waals surface area contributed by atoms with Crippen LogP contribution in [0.5, 0.6) is 0 Å². The van der Waals surface area contributed by atoms with Crippen LogP contribution in [0.2, 0.25) is 0 Å². The summed E-state index contributed by atoms with van der Waals surface area (Å²) in [5, 5.41) is 4.74. The Balaban J connectivity index is 1.97. The van der Waals surface area contributed by atoms with Gasteiger partial charge in [-0.1, -0.05) is 11.3 Å². The lowest BCUT2D eigenvalue weighted by Gasteiger charge is -2.25. The van der Waals surface area contributed by atoms with Gasteiger partial charge in [-0.05, 0) is 23.3 Å². The number of aromatic nitrogens is 1. The molecule has 0 unspecified atom stereocenters. The standard InChI is InChI=1S/C11H12N4OS/c12-14-8-1-2-9-10(7-8)17-11(13-9)15-3-5-16-6-4-15/h1-2,7,12H,3-6H2/p+1. The summed E-state index contributed by atoms with van der Waals surface area (Å²) in [5.41, 5.74) is 7.06. The Bertz CT molecular complexity index is 547. The Labute approximate surface area is 103 Å². The van der Waals surface area contributed by atoms with Crippen molar-refractivity contribution in [3.8, 4) is 0 Å². The number of anilines is 1. The van der Waals surface area contributed by atoms with Crippen LogP contribution in [0.3, 0.4) is 0 Å². The van der Waals surface area contributed by atoms with Crippen molar-refractivity contribution in [2.24, 2.45) is 5.11 Å². The van der Waals surface area contributed by atoms with Gasteiger partial charge in [0.2, 0.25) is 0 Å². The molecule has 0 bridgehead atoms. The second-order valence-corrected chi connectivity index (χ2v) is 4.89. The molecule has 2 aromatic rings. The number of benzene rings is 1. The molecule has 1 aliphatic heterocycles. The van der Waals surface area contributed by atoms with E-state index in [2.05, 4.69) is 15.0 Å². The minimum absolute atomic E-state index is 0.777. The number of nitrogens with zero attached hydrogens (tertiary/aromatic N) is 3. The summed E-state index contributed by atoms with van der Waals surface area (Å²) >= 11 is 1.68. The summed E-state index contributed by atoms with van der Waals surface area (Å²) in [7, 11) is 0. The normalized spacial score (nSPS) is 16.4. The first-order chi connectivity index (χ1) is 8.36. The van der Waals surface area contributed by atoms with Crippen LogP contribution in [-0.2, 0) is 4.74 Å². The molecule has 1 fully saturated rings. The molecule has 17 heavy (non-hydrogen) atoms. The van der Waals surface area contributed by atoms with E-state index in [1.165, 1.54) is 0 Å². The molecule has 6 heteroatoms. The highest BCUT2D eigenvalue weighted by Gasteiger charge is 2.15. The molecule has 0 spiro atoms. The van der Waals surface area contributed by atoms with Gasteiger partial charge in [-0.2, -0.15) is 5.53 Å². The molecule has 88 valence electrons. The predicted molar refractivity (Wildman–Crippen MR) is 66.7 cm³/mol. The fraction of sp³-hybridized carbons (Fsp3) is 0.364. The molecule has 0 aliphatic carbocycles. The molecule has 1 saturated heterocycles. The third kappa shape index (κ3) is 2.01. The highest BCUT2D eigenvalue weighted by atomic mass is 32.1. The summed E-state index contributed by atoms with van der Waals surface area (Å²) in [6.07, 6.45) is 0. The number of thiazole rings is 1. The van der Waals surface area contributed by atoms with Crippen LogP contribution in [0.1, 0.15) is 0 Å². The molecule has 0 atom stereocenters. The van der Waals surface area contributed by atoms with E-state index in [4.69, 9.17) is 10.3 Å². The Hall–Kier alpha value is -1.53. The van der Waals surface area contributed by atoms with Crippen molar-refractivity contribution in [3.63, 3.8) is 0 Å². The number of rotatable bonds is 2. The van der Waals surface area contributed by atoms with Crippen molar-refractivity contribution < 1.29 is 10.3 Å². The lowest BCUT2D eigenvalue weighted by Crippen LogP contribution is -2.36. The van der Waals surface area contributed by atoms with Gasteiger partial charge in [0, 0.05) is 13.1 Å². The second-order valence-electron chi connectivity index (χ2n) is 3.88. The molecule has 3 rings (SSSR count). The van der Waals surface area contributed by atoms with Gasteiger partial charge >= 0.3 is 0 Å². The Morgan fingerprint density at radius 1 is 1.35 bits per heavy atom. The quantitative estimate of drug-likeness (QED) is 0.807. The first kappa shape index (κ1) is 10.6. The van der Waals surface area contributed by atoms with Crippen LogP contribution < -0.4 is 10.4 Å². The zero-order valence-electron chi connectivity index (χ0n) is 9.30. The summed E-state index contributed by atoms with van der Waals surface area (Å²) in [4.78, 5) is 6.88. The van der Waals surface area contributed by atoms with Crippen LogP contribution in [-0.4, -0.2) is 31.3 Å². The molecule has 0 saturated carbocycles. The highest BCUT2D eigenvalue weighted by Crippen LogP contribution is 2.31. The number of hydrogen-bond acceptors (Lipinski definition) is 5. The van der Waals surface area contributed by atoms with E-state index in [0.29, 0.717) is 0 Å². The third-order valence-corrected chi connectivity index (χ3v) is 3.87. The maximum atomic E-state index is 5.34. The number of fused-ring (bicyclic) bond motifs is 1. The largest absolute Gasteiger partial charge is 0.378 e. The molecule has 0 amide bonds.